The highest BCUT2D eigenvalue weighted by Gasteiger charge is 2.42. The number of piperidine rings is 1. The van der Waals surface area contributed by atoms with Gasteiger partial charge in [-0.25, -0.2) is 9.97 Å². The van der Waals surface area contributed by atoms with Gasteiger partial charge in [0.25, 0.3) is 0 Å². The van der Waals surface area contributed by atoms with E-state index in [2.05, 4.69) is 25.9 Å². The third-order valence-corrected chi connectivity index (χ3v) is 6.61. The number of hydrogen-bond acceptors (Lipinski definition) is 7. The van der Waals surface area contributed by atoms with Gasteiger partial charge in [0, 0.05) is 19.1 Å². The van der Waals surface area contributed by atoms with Crippen LogP contribution in [0.2, 0.25) is 0 Å². The maximum absolute atomic E-state index is 15.0. The molecule has 2 fully saturated rings. The van der Waals surface area contributed by atoms with Crippen LogP contribution in [0.5, 0.6) is 0 Å². The van der Waals surface area contributed by atoms with Crippen molar-refractivity contribution in [1.29, 1.82) is 0 Å². The molecule has 7 nitrogen and oxygen atoms in total. The summed E-state index contributed by atoms with van der Waals surface area (Å²) in [5.74, 6) is -2.12. The molecule has 1 aliphatic heterocycles. The third-order valence-electron chi connectivity index (χ3n) is 6.61. The first-order chi connectivity index (χ1) is 14.6. The van der Waals surface area contributed by atoms with E-state index in [1.807, 2.05) is 6.92 Å². The molecule has 5 N–H and O–H groups in total. The molecule has 3 unspecified atom stereocenters. The van der Waals surface area contributed by atoms with Gasteiger partial charge in [-0.05, 0) is 51.0 Å². The van der Waals surface area contributed by atoms with Crippen LogP contribution in [0.3, 0.4) is 0 Å². The third kappa shape index (κ3) is 5.75. The molecule has 1 aromatic heterocycles. The number of β-amino-alcohol motifs (C(OH)–C–C–N with tert-alkyl or cyclic N) is 1. The van der Waals surface area contributed by atoms with Crippen LogP contribution in [0.25, 0.3) is 0 Å². The van der Waals surface area contributed by atoms with Crippen molar-refractivity contribution in [3.63, 3.8) is 0 Å². The monoisotopic (exact) mass is 449 g/mol. The lowest BCUT2D eigenvalue weighted by atomic mass is 9.77. The van der Waals surface area contributed by atoms with Gasteiger partial charge in [-0.15, -0.1) is 0 Å². The first-order valence-corrected chi connectivity index (χ1v) is 10.8. The van der Waals surface area contributed by atoms with Crippen LogP contribution >= 0.6 is 0 Å². The number of hydrogen-bond donors (Lipinski definition) is 5. The Labute approximate surface area is 179 Å². The van der Waals surface area contributed by atoms with Crippen molar-refractivity contribution in [3.8, 4) is 0 Å². The molecule has 0 spiro atoms. The van der Waals surface area contributed by atoms with Gasteiger partial charge in [0.1, 0.15) is 11.9 Å². The number of aliphatic hydroxyl groups excluding tert-OH is 1. The average Bonchev–Trinajstić information content (AvgIpc) is 2.74. The lowest BCUT2D eigenvalue weighted by Gasteiger charge is -2.37. The van der Waals surface area contributed by atoms with Crippen LogP contribution in [-0.2, 0) is 0 Å². The quantitative estimate of drug-likeness (QED) is 0.408. The second kappa shape index (κ2) is 9.83. The van der Waals surface area contributed by atoms with Crippen LogP contribution in [0.15, 0.2) is 6.33 Å². The summed E-state index contributed by atoms with van der Waals surface area (Å²) in [7, 11) is 0. The Bertz CT molecular complexity index is 730. The second-order valence-corrected chi connectivity index (χ2v) is 8.62. The van der Waals surface area contributed by atoms with Crippen LogP contribution in [0, 0.1) is 17.7 Å². The van der Waals surface area contributed by atoms with Crippen molar-refractivity contribution < 1.29 is 27.8 Å². The van der Waals surface area contributed by atoms with Crippen LogP contribution in [-0.4, -0.2) is 63.7 Å². The summed E-state index contributed by atoms with van der Waals surface area (Å²) < 4.78 is 53.8. The predicted molar refractivity (Wildman–Crippen MR) is 108 cm³/mol. The molecule has 1 saturated carbocycles. The van der Waals surface area contributed by atoms with Gasteiger partial charge in [0.05, 0.1) is 12.0 Å². The number of rotatable bonds is 7. The number of anilines is 2. The number of nitrogens with one attached hydrogen (secondary N) is 3. The van der Waals surface area contributed by atoms with Crippen molar-refractivity contribution >= 4 is 11.6 Å². The Kier molecular flexibility index (Phi) is 7.59. The average molecular weight is 449 g/mol. The van der Waals surface area contributed by atoms with Gasteiger partial charge in [0.15, 0.2) is 11.6 Å². The zero-order chi connectivity index (χ0) is 22.6. The molecule has 2 aliphatic rings. The number of alkyl halides is 3. The van der Waals surface area contributed by atoms with E-state index in [4.69, 9.17) is 0 Å². The van der Waals surface area contributed by atoms with Crippen molar-refractivity contribution in [2.24, 2.45) is 11.8 Å². The molecular formula is C20H31F4N5O2. The molecule has 0 aromatic carbocycles. The normalized spacial score (nSPS) is 30.6. The molecule has 2 heterocycles. The van der Waals surface area contributed by atoms with Gasteiger partial charge in [-0.3, -0.25) is 0 Å². The number of aliphatic hydroxyl groups is 2. The smallest absolute Gasteiger partial charge is 0.389 e. The highest BCUT2D eigenvalue weighted by molar-refractivity contribution is 5.49. The van der Waals surface area contributed by atoms with Gasteiger partial charge >= 0.3 is 6.18 Å². The summed E-state index contributed by atoms with van der Waals surface area (Å²) in [6.07, 6.45) is -2.03. The minimum atomic E-state index is -4.16. The fourth-order valence-corrected chi connectivity index (χ4v) is 4.51. The van der Waals surface area contributed by atoms with E-state index in [-0.39, 0.29) is 49.5 Å². The second-order valence-electron chi connectivity index (χ2n) is 8.62. The Balaban J connectivity index is 1.62. The van der Waals surface area contributed by atoms with Crippen molar-refractivity contribution in [1.82, 2.24) is 15.3 Å². The molecular weight excluding hydrogens is 418 g/mol. The lowest BCUT2D eigenvalue weighted by molar-refractivity contribution is -0.184. The summed E-state index contributed by atoms with van der Waals surface area (Å²) in [6.45, 7) is 2.59. The van der Waals surface area contributed by atoms with E-state index in [0.717, 1.165) is 0 Å². The lowest BCUT2D eigenvalue weighted by Crippen LogP contribution is -2.57. The Morgan fingerprint density at radius 2 is 1.90 bits per heavy atom. The number of nitrogens with zero attached hydrogens (tertiary/aromatic N) is 2. The fourth-order valence-electron chi connectivity index (χ4n) is 4.51. The Hall–Kier alpha value is -1.72. The van der Waals surface area contributed by atoms with E-state index in [1.54, 1.807) is 0 Å². The molecule has 3 rings (SSSR count). The summed E-state index contributed by atoms with van der Waals surface area (Å²) in [4.78, 5) is 7.86. The van der Waals surface area contributed by atoms with Crippen LogP contribution in [0.4, 0.5) is 29.2 Å². The van der Waals surface area contributed by atoms with Crippen molar-refractivity contribution in [2.45, 2.75) is 69.4 Å². The zero-order valence-corrected chi connectivity index (χ0v) is 17.6. The van der Waals surface area contributed by atoms with Crippen LogP contribution < -0.4 is 16.0 Å². The standard InChI is InChI=1S/C20H31F4N5O2/c1-2-14(12-3-5-13(6-4-12)20(22,23)24)29-18-16(21)17(27-11-28-18)26-10-19(31)7-8-25-9-15(19)30/h11-15,25,30-31H,2-10H2,1H3,(H2,26,27,28,29). The van der Waals surface area contributed by atoms with Crippen molar-refractivity contribution in [2.75, 3.05) is 30.3 Å². The molecule has 1 aromatic rings. The fraction of sp³-hybridized carbons (Fsp3) is 0.800. The van der Waals surface area contributed by atoms with E-state index in [9.17, 15) is 27.8 Å². The molecule has 3 atom stereocenters. The highest BCUT2D eigenvalue weighted by atomic mass is 19.4. The number of halogens is 4. The molecule has 176 valence electrons. The van der Waals surface area contributed by atoms with Crippen molar-refractivity contribution in [3.05, 3.63) is 12.1 Å². The summed E-state index contributed by atoms with van der Waals surface area (Å²) in [5, 5.41) is 29.4. The highest BCUT2D eigenvalue weighted by Crippen LogP contribution is 2.41. The first-order valence-electron chi connectivity index (χ1n) is 10.8. The molecule has 11 heteroatoms. The molecule has 1 saturated heterocycles. The summed E-state index contributed by atoms with van der Waals surface area (Å²) >= 11 is 0. The van der Waals surface area contributed by atoms with Gasteiger partial charge < -0.3 is 26.2 Å². The molecule has 0 bridgehead atoms. The molecule has 0 radical (unpaired) electrons. The van der Waals surface area contributed by atoms with E-state index < -0.39 is 29.6 Å². The minimum absolute atomic E-state index is 0.0000264. The SMILES string of the molecule is CCC(Nc1ncnc(NCC2(O)CCNCC2O)c1F)C1CCC(C(F)(F)F)CC1. The first kappa shape index (κ1) is 23.9. The Morgan fingerprint density at radius 1 is 1.23 bits per heavy atom. The largest absolute Gasteiger partial charge is 0.391 e. The molecule has 1 aliphatic carbocycles. The maximum Gasteiger partial charge on any atom is 0.391 e. The predicted octanol–water partition coefficient (Wildman–Crippen LogP) is 2.67. The molecule has 31 heavy (non-hydrogen) atoms. The van der Waals surface area contributed by atoms with E-state index in [0.29, 0.717) is 32.2 Å². The Morgan fingerprint density at radius 3 is 2.52 bits per heavy atom. The number of aromatic nitrogens is 2. The van der Waals surface area contributed by atoms with Crippen LogP contribution in [0.1, 0.15) is 45.4 Å². The van der Waals surface area contributed by atoms with E-state index >= 15 is 0 Å². The summed E-state index contributed by atoms with van der Waals surface area (Å²) in [6, 6.07) is -0.207. The van der Waals surface area contributed by atoms with Gasteiger partial charge in [-0.1, -0.05) is 6.92 Å². The van der Waals surface area contributed by atoms with Gasteiger partial charge in [0.2, 0.25) is 5.82 Å². The molecule has 0 amide bonds. The zero-order valence-electron chi connectivity index (χ0n) is 17.6. The maximum atomic E-state index is 15.0. The van der Waals surface area contributed by atoms with Gasteiger partial charge in [-0.2, -0.15) is 17.6 Å². The summed E-state index contributed by atoms with van der Waals surface area (Å²) in [5.41, 5.74) is -1.40. The van der Waals surface area contributed by atoms with E-state index in [1.165, 1.54) is 6.33 Å². The topological polar surface area (TPSA) is 102 Å². The minimum Gasteiger partial charge on any atom is -0.389 e.